The van der Waals surface area contributed by atoms with Crippen molar-refractivity contribution in [2.45, 2.75) is 162 Å². The van der Waals surface area contributed by atoms with Crippen molar-refractivity contribution in [3.63, 3.8) is 0 Å². The van der Waals surface area contributed by atoms with Crippen LogP contribution in [0.2, 0.25) is 0 Å². The molecule has 244 valence electrons. The summed E-state index contributed by atoms with van der Waals surface area (Å²) in [5.41, 5.74) is 0. The lowest BCUT2D eigenvalue weighted by molar-refractivity contribution is -0.167. The fourth-order valence-electron chi connectivity index (χ4n) is 4.38. The average Bonchev–Trinajstić information content (AvgIpc) is 2.95. The summed E-state index contributed by atoms with van der Waals surface area (Å²) in [4.78, 5) is 37.2. The number of carbonyl (C=O) groups is 3. The van der Waals surface area contributed by atoms with Crippen molar-refractivity contribution in [2.24, 2.45) is 5.92 Å². The molecule has 2 unspecified atom stereocenters. The number of unbranched alkanes of at least 4 members (excludes halogenated alkanes) is 9. The van der Waals surface area contributed by atoms with Crippen molar-refractivity contribution in [2.75, 3.05) is 13.2 Å². The van der Waals surface area contributed by atoms with E-state index in [1.165, 1.54) is 25.7 Å². The van der Waals surface area contributed by atoms with Crippen LogP contribution < -0.4 is 0 Å². The topological polar surface area (TPSA) is 99.1 Å². The molecule has 0 spiro atoms. The van der Waals surface area contributed by atoms with E-state index >= 15 is 0 Å². The van der Waals surface area contributed by atoms with E-state index in [0.29, 0.717) is 25.7 Å². The highest BCUT2D eigenvalue weighted by molar-refractivity contribution is 5.71. The van der Waals surface area contributed by atoms with E-state index in [-0.39, 0.29) is 49.6 Å². The van der Waals surface area contributed by atoms with Gasteiger partial charge in [-0.15, -0.1) is 0 Å². The summed E-state index contributed by atoms with van der Waals surface area (Å²) in [5, 5.41) is 9.36. The maximum atomic E-state index is 12.7. The summed E-state index contributed by atoms with van der Waals surface area (Å²) in [6, 6.07) is 0. The first-order chi connectivity index (χ1) is 20.3. The summed E-state index contributed by atoms with van der Waals surface area (Å²) in [6.45, 7) is 7.91. The third-order valence-corrected chi connectivity index (χ3v) is 7.03. The second kappa shape index (κ2) is 28.9. The highest BCUT2D eigenvalue weighted by Crippen LogP contribution is 2.16. The molecule has 0 aromatic heterocycles. The van der Waals surface area contributed by atoms with Crippen LogP contribution in [0.25, 0.3) is 0 Å². The second-order valence-electron chi connectivity index (χ2n) is 11.6. The smallest absolute Gasteiger partial charge is 0.306 e. The van der Waals surface area contributed by atoms with Crippen molar-refractivity contribution < 1.29 is 33.7 Å². The number of carbonyl (C=O) groups excluding carboxylic acids is 3. The normalized spacial score (nSPS) is 13.1. The number of hydrogen-bond donors (Lipinski definition) is 1. The van der Waals surface area contributed by atoms with Gasteiger partial charge in [0.2, 0.25) is 0 Å². The second-order valence-corrected chi connectivity index (χ2v) is 11.6. The zero-order chi connectivity index (χ0) is 31.3. The highest BCUT2D eigenvalue weighted by Gasteiger charge is 2.21. The SMILES string of the molecule is CCCC/C=C\CCCC(=O)OCC(COC(=O)CCC/C=C\CCCC)OC(=O)CC(C)CCCCCCC(C)O. The fourth-order valence-corrected chi connectivity index (χ4v) is 4.38. The Bertz CT molecular complexity index is 689. The molecule has 42 heavy (non-hydrogen) atoms. The molecule has 0 radical (unpaired) electrons. The first kappa shape index (κ1) is 39.8. The van der Waals surface area contributed by atoms with Crippen molar-refractivity contribution in [3.05, 3.63) is 24.3 Å². The number of aliphatic hydroxyl groups excluding tert-OH is 1. The van der Waals surface area contributed by atoms with Gasteiger partial charge in [-0.05, 0) is 57.8 Å². The van der Waals surface area contributed by atoms with E-state index in [0.717, 1.165) is 64.2 Å². The molecule has 0 aliphatic rings. The predicted molar refractivity (Wildman–Crippen MR) is 170 cm³/mol. The van der Waals surface area contributed by atoms with E-state index < -0.39 is 6.10 Å². The monoisotopic (exact) mass is 594 g/mol. The van der Waals surface area contributed by atoms with Crippen LogP contribution in [0.1, 0.15) is 150 Å². The summed E-state index contributed by atoms with van der Waals surface area (Å²) in [6.07, 6.45) is 24.0. The minimum atomic E-state index is -0.819. The molecule has 7 nitrogen and oxygen atoms in total. The van der Waals surface area contributed by atoms with Crippen LogP contribution in [0.4, 0.5) is 0 Å². The van der Waals surface area contributed by atoms with Gasteiger partial charge in [0.05, 0.1) is 6.10 Å². The van der Waals surface area contributed by atoms with Gasteiger partial charge in [0.25, 0.3) is 0 Å². The molecule has 7 heteroatoms. The molecule has 0 aromatic rings. The zero-order valence-corrected chi connectivity index (χ0v) is 27.3. The maximum Gasteiger partial charge on any atom is 0.306 e. The summed E-state index contributed by atoms with van der Waals surface area (Å²) >= 11 is 0. The van der Waals surface area contributed by atoms with Gasteiger partial charge < -0.3 is 19.3 Å². The molecule has 0 aromatic carbocycles. The van der Waals surface area contributed by atoms with Crippen molar-refractivity contribution in [1.29, 1.82) is 0 Å². The highest BCUT2D eigenvalue weighted by atomic mass is 16.6. The summed E-state index contributed by atoms with van der Waals surface area (Å²) in [7, 11) is 0. The van der Waals surface area contributed by atoms with Gasteiger partial charge in [-0.2, -0.15) is 0 Å². The van der Waals surface area contributed by atoms with Crippen molar-refractivity contribution >= 4 is 17.9 Å². The Balaban J connectivity index is 4.59. The van der Waals surface area contributed by atoms with Crippen molar-refractivity contribution in [3.8, 4) is 0 Å². The first-order valence-electron chi connectivity index (χ1n) is 16.8. The Morgan fingerprint density at radius 3 is 1.52 bits per heavy atom. The lowest BCUT2D eigenvalue weighted by Gasteiger charge is -2.19. The van der Waals surface area contributed by atoms with E-state index in [1.807, 2.05) is 13.8 Å². The molecule has 0 bridgehead atoms. The van der Waals surface area contributed by atoms with E-state index in [2.05, 4.69) is 38.2 Å². The largest absolute Gasteiger partial charge is 0.462 e. The van der Waals surface area contributed by atoms with Gasteiger partial charge in [-0.1, -0.05) is 103 Å². The molecule has 0 aliphatic carbocycles. The van der Waals surface area contributed by atoms with Gasteiger partial charge >= 0.3 is 17.9 Å². The molecular weight excluding hydrogens is 532 g/mol. The Morgan fingerprint density at radius 1 is 0.619 bits per heavy atom. The number of hydrogen-bond acceptors (Lipinski definition) is 7. The lowest BCUT2D eigenvalue weighted by atomic mass is 9.99. The fraction of sp³-hybridized carbons (Fsp3) is 0.800. The van der Waals surface area contributed by atoms with Crippen molar-refractivity contribution in [1.82, 2.24) is 0 Å². The molecule has 0 amide bonds. The molecule has 0 rings (SSSR count). The maximum absolute atomic E-state index is 12.7. The number of rotatable bonds is 28. The summed E-state index contributed by atoms with van der Waals surface area (Å²) in [5.74, 6) is -0.898. The minimum Gasteiger partial charge on any atom is -0.462 e. The number of allylic oxidation sites excluding steroid dienone is 4. The van der Waals surface area contributed by atoms with E-state index in [4.69, 9.17) is 14.2 Å². The Hall–Kier alpha value is -2.15. The molecule has 0 aliphatic heterocycles. The van der Waals surface area contributed by atoms with Gasteiger partial charge in [0.1, 0.15) is 13.2 Å². The van der Waals surface area contributed by atoms with E-state index in [1.54, 1.807) is 0 Å². The molecule has 1 N–H and O–H groups in total. The standard InChI is InChI=1S/C35H62O7/c1-5-7-9-11-13-15-21-25-33(37)40-28-32(29-41-34(38)26-22-16-14-12-10-8-6-2)42-35(39)27-30(3)23-19-17-18-20-24-31(4)36/h11-14,30-32,36H,5-10,15-29H2,1-4H3/b13-11-,14-12-. The van der Waals surface area contributed by atoms with E-state index in [9.17, 15) is 19.5 Å². The van der Waals surface area contributed by atoms with Crippen LogP contribution in [0.3, 0.4) is 0 Å². The molecule has 2 atom stereocenters. The number of aliphatic hydroxyl groups is 1. The molecule has 0 saturated carbocycles. The Labute approximate surface area is 256 Å². The lowest BCUT2D eigenvalue weighted by Crippen LogP contribution is -2.31. The predicted octanol–water partition coefficient (Wildman–Crippen LogP) is 8.57. The first-order valence-corrected chi connectivity index (χ1v) is 16.8. The van der Waals surface area contributed by atoms with Gasteiger partial charge in [-0.25, -0.2) is 0 Å². The quantitative estimate of drug-likeness (QED) is 0.0419. The average molecular weight is 595 g/mol. The number of ether oxygens (including phenoxy) is 3. The van der Waals surface area contributed by atoms with Crippen LogP contribution >= 0.6 is 0 Å². The number of esters is 3. The summed E-state index contributed by atoms with van der Waals surface area (Å²) < 4.78 is 16.4. The van der Waals surface area contributed by atoms with Crippen LogP contribution in [0.5, 0.6) is 0 Å². The van der Waals surface area contributed by atoms with Crippen LogP contribution in [0, 0.1) is 5.92 Å². The Morgan fingerprint density at radius 2 is 1.07 bits per heavy atom. The third kappa shape index (κ3) is 28.0. The van der Waals surface area contributed by atoms with Crippen LogP contribution in [-0.2, 0) is 28.6 Å². The van der Waals surface area contributed by atoms with Gasteiger partial charge in [0.15, 0.2) is 6.10 Å². The molecular formula is C35H62O7. The third-order valence-electron chi connectivity index (χ3n) is 7.03. The molecule has 0 heterocycles. The molecule has 0 saturated heterocycles. The van der Waals surface area contributed by atoms with Crippen LogP contribution in [0.15, 0.2) is 24.3 Å². The zero-order valence-electron chi connectivity index (χ0n) is 27.3. The molecule has 0 fully saturated rings. The Kier molecular flexibility index (Phi) is 27.5. The van der Waals surface area contributed by atoms with Gasteiger partial charge in [-0.3, -0.25) is 14.4 Å². The van der Waals surface area contributed by atoms with Gasteiger partial charge in [0, 0.05) is 19.3 Å². The minimum absolute atomic E-state index is 0.123. The van der Waals surface area contributed by atoms with Crippen LogP contribution in [-0.4, -0.2) is 48.4 Å².